The number of benzene rings is 1. The maximum Gasteiger partial charge on any atom is 0.261 e. The third-order valence-corrected chi connectivity index (χ3v) is 6.32. The number of carbonyl (C=O) groups excluding carboxylic acids is 2. The highest BCUT2D eigenvalue weighted by molar-refractivity contribution is 7.89. The summed E-state index contributed by atoms with van der Waals surface area (Å²) in [5, 5.41) is 2.53. The van der Waals surface area contributed by atoms with Crippen LogP contribution in [-0.4, -0.2) is 32.8 Å². The monoisotopic (exact) mass is 408 g/mol. The van der Waals surface area contributed by atoms with Crippen molar-refractivity contribution < 1.29 is 18.0 Å². The molecule has 0 atom stereocenters. The Balaban J connectivity index is 1.45. The van der Waals surface area contributed by atoms with Crippen LogP contribution in [0.4, 0.5) is 5.69 Å². The number of amides is 2. The lowest BCUT2D eigenvalue weighted by molar-refractivity contribution is -0.119. The molecule has 0 radical (unpaired) electrons. The summed E-state index contributed by atoms with van der Waals surface area (Å²) in [5.74, 6) is -0.732. The molecule has 0 saturated heterocycles. The largest absolute Gasteiger partial charge is 0.342 e. The Morgan fingerprint density at radius 3 is 2.41 bits per heavy atom. The van der Waals surface area contributed by atoms with E-state index in [1.54, 1.807) is 18.2 Å². The molecule has 1 aromatic carbocycles. The van der Waals surface area contributed by atoms with Crippen LogP contribution in [0.15, 0.2) is 41.3 Å². The molecule has 0 aliphatic heterocycles. The first kappa shape index (κ1) is 19.3. The van der Waals surface area contributed by atoms with E-state index in [0.717, 1.165) is 17.7 Å². The Morgan fingerprint density at radius 2 is 1.81 bits per heavy atom. The summed E-state index contributed by atoms with van der Waals surface area (Å²) in [6, 6.07) is 9.61. The first-order valence-corrected chi connectivity index (χ1v) is 10.7. The van der Waals surface area contributed by atoms with Crippen LogP contribution in [-0.2, 0) is 14.8 Å². The van der Waals surface area contributed by atoms with Crippen LogP contribution in [0, 0.1) is 6.92 Å². The summed E-state index contributed by atoms with van der Waals surface area (Å²) < 4.78 is 26.8. The average Bonchev–Trinajstić information content (AvgIpc) is 3.34. The van der Waals surface area contributed by atoms with Crippen molar-refractivity contribution >= 4 is 38.9 Å². The van der Waals surface area contributed by atoms with E-state index in [9.17, 15) is 18.0 Å². The summed E-state index contributed by atoms with van der Waals surface area (Å²) in [7, 11) is -3.50. The molecule has 4 N–H and O–H groups in total. The van der Waals surface area contributed by atoms with Gasteiger partial charge in [-0.1, -0.05) is 0 Å². The quantitative estimate of drug-likeness (QED) is 0.492. The molecule has 8 nitrogen and oxygen atoms in total. The van der Waals surface area contributed by atoms with Crippen LogP contribution < -0.4 is 20.9 Å². The fraction of sp³-hybridized carbons (Fsp3) is 0.294. The topological polar surface area (TPSA) is 116 Å². The highest BCUT2D eigenvalue weighted by Gasteiger charge is 2.27. The number of hydrogen-bond acceptors (Lipinski definition) is 6. The number of sulfonamides is 1. The van der Waals surface area contributed by atoms with Gasteiger partial charge >= 0.3 is 0 Å². The van der Waals surface area contributed by atoms with Crippen molar-refractivity contribution in [3.05, 3.63) is 46.2 Å². The fourth-order valence-corrected chi connectivity index (χ4v) is 4.29. The molecule has 1 fully saturated rings. The zero-order chi connectivity index (χ0) is 19.4. The number of rotatable bonds is 8. The van der Waals surface area contributed by atoms with Crippen molar-refractivity contribution in [1.29, 1.82) is 0 Å². The molecule has 0 spiro atoms. The highest BCUT2D eigenvalue weighted by atomic mass is 32.2. The van der Waals surface area contributed by atoms with Gasteiger partial charge in [0.05, 0.1) is 22.0 Å². The van der Waals surface area contributed by atoms with Gasteiger partial charge in [0.1, 0.15) is 0 Å². The molecule has 27 heavy (non-hydrogen) atoms. The Bertz CT molecular complexity index is 934. The summed E-state index contributed by atoms with van der Waals surface area (Å²) >= 11 is 1.35. The summed E-state index contributed by atoms with van der Waals surface area (Å²) in [4.78, 5) is 25.4. The SMILES string of the molecule is Cc1ccc(C(=O)NCC(=O)NNc2ccc(S(=O)(=O)NC3CC3)cc2)s1. The van der Waals surface area contributed by atoms with Gasteiger partial charge in [-0.05, 0) is 56.2 Å². The zero-order valence-electron chi connectivity index (χ0n) is 14.6. The van der Waals surface area contributed by atoms with Crippen LogP contribution in [0.3, 0.4) is 0 Å². The molecule has 1 saturated carbocycles. The molecule has 1 aliphatic rings. The second-order valence-electron chi connectivity index (χ2n) is 6.19. The standard InChI is InChI=1S/C17H20N4O4S2/c1-11-2-9-15(26-11)17(23)18-10-16(22)20-19-12-5-7-14(8-6-12)27(24,25)21-13-3-4-13/h2,5-9,13,19,21H,3-4,10H2,1H3,(H,18,23)(H,20,22). The second-order valence-corrected chi connectivity index (χ2v) is 9.19. The Hall–Kier alpha value is -2.43. The molecule has 1 aromatic heterocycles. The molecule has 0 unspecified atom stereocenters. The lowest BCUT2D eigenvalue weighted by atomic mass is 10.3. The predicted octanol–water partition coefficient (Wildman–Crippen LogP) is 1.37. The van der Waals surface area contributed by atoms with Gasteiger partial charge in [-0.2, -0.15) is 0 Å². The summed E-state index contributed by atoms with van der Waals surface area (Å²) in [5.41, 5.74) is 5.65. The minimum atomic E-state index is -3.50. The predicted molar refractivity (Wildman–Crippen MR) is 103 cm³/mol. The third-order valence-electron chi connectivity index (χ3n) is 3.78. The van der Waals surface area contributed by atoms with Crippen LogP contribution >= 0.6 is 11.3 Å². The van der Waals surface area contributed by atoms with Gasteiger partial charge in [0.15, 0.2) is 0 Å². The van der Waals surface area contributed by atoms with Crippen LogP contribution in [0.5, 0.6) is 0 Å². The normalized spacial score (nSPS) is 13.8. The van der Waals surface area contributed by atoms with Crippen molar-refractivity contribution in [2.75, 3.05) is 12.0 Å². The Labute approximate surface area is 161 Å². The first-order valence-electron chi connectivity index (χ1n) is 8.35. The summed E-state index contributed by atoms with van der Waals surface area (Å²) in [6.45, 7) is 1.72. The van der Waals surface area contributed by atoms with E-state index in [1.807, 2.05) is 13.0 Å². The Morgan fingerprint density at radius 1 is 1.11 bits per heavy atom. The van der Waals surface area contributed by atoms with Crippen molar-refractivity contribution in [3.8, 4) is 0 Å². The molecule has 10 heteroatoms. The third kappa shape index (κ3) is 5.52. The van der Waals surface area contributed by atoms with Gasteiger partial charge in [0, 0.05) is 10.9 Å². The lowest BCUT2D eigenvalue weighted by Gasteiger charge is -2.10. The minimum Gasteiger partial charge on any atom is -0.342 e. The first-order chi connectivity index (χ1) is 12.8. The Kier molecular flexibility index (Phi) is 5.78. The van der Waals surface area contributed by atoms with Crippen molar-refractivity contribution in [2.45, 2.75) is 30.7 Å². The number of hydrogen-bond donors (Lipinski definition) is 4. The number of aryl methyl sites for hydroxylation is 1. The number of anilines is 1. The molecule has 1 aliphatic carbocycles. The molecule has 0 bridgehead atoms. The molecule has 3 rings (SSSR count). The van der Waals surface area contributed by atoms with E-state index in [-0.39, 0.29) is 23.4 Å². The maximum atomic E-state index is 12.1. The van der Waals surface area contributed by atoms with E-state index in [4.69, 9.17) is 0 Å². The van der Waals surface area contributed by atoms with Gasteiger partial charge < -0.3 is 5.32 Å². The van der Waals surface area contributed by atoms with Gasteiger partial charge in [-0.3, -0.25) is 20.4 Å². The van der Waals surface area contributed by atoms with E-state index in [1.165, 1.54) is 23.5 Å². The van der Waals surface area contributed by atoms with Gasteiger partial charge in [0.2, 0.25) is 10.0 Å². The second kappa shape index (κ2) is 8.07. The molecular weight excluding hydrogens is 388 g/mol. The van der Waals surface area contributed by atoms with E-state index < -0.39 is 15.9 Å². The molecule has 2 amide bonds. The number of carbonyl (C=O) groups is 2. The summed E-state index contributed by atoms with van der Waals surface area (Å²) in [6.07, 6.45) is 1.74. The zero-order valence-corrected chi connectivity index (χ0v) is 16.2. The molecule has 144 valence electrons. The van der Waals surface area contributed by atoms with Crippen molar-refractivity contribution in [2.24, 2.45) is 0 Å². The van der Waals surface area contributed by atoms with Crippen molar-refractivity contribution in [1.82, 2.24) is 15.5 Å². The number of thiophene rings is 1. The fourth-order valence-electron chi connectivity index (χ4n) is 2.20. The van der Waals surface area contributed by atoms with E-state index in [2.05, 4.69) is 20.9 Å². The average molecular weight is 409 g/mol. The highest BCUT2D eigenvalue weighted by Crippen LogP contribution is 2.22. The van der Waals surface area contributed by atoms with Crippen LogP contribution in [0.1, 0.15) is 27.4 Å². The van der Waals surface area contributed by atoms with E-state index >= 15 is 0 Å². The lowest BCUT2D eigenvalue weighted by Crippen LogP contribution is -2.39. The number of hydrazine groups is 1. The molecule has 1 heterocycles. The van der Waals surface area contributed by atoms with Crippen LogP contribution in [0.25, 0.3) is 0 Å². The van der Waals surface area contributed by atoms with E-state index in [0.29, 0.717) is 10.6 Å². The van der Waals surface area contributed by atoms with Crippen molar-refractivity contribution in [3.63, 3.8) is 0 Å². The smallest absolute Gasteiger partial charge is 0.261 e. The molecular formula is C17H20N4O4S2. The van der Waals surface area contributed by atoms with Gasteiger partial charge in [0.25, 0.3) is 11.8 Å². The van der Waals surface area contributed by atoms with Gasteiger partial charge in [-0.15, -0.1) is 11.3 Å². The maximum absolute atomic E-state index is 12.1. The van der Waals surface area contributed by atoms with Gasteiger partial charge in [-0.25, -0.2) is 13.1 Å². The van der Waals surface area contributed by atoms with Crippen LogP contribution in [0.2, 0.25) is 0 Å². The number of nitrogens with one attached hydrogen (secondary N) is 4. The minimum absolute atomic E-state index is 0.0420. The molecule has 2 aromatic rings.